The zero-order valence-corrected chi connectivity index (χ0v) is 9.93. The molecule has 0 saturated carbocycles. The summed E-state index contributed by atoms with van der Waals surface area (Å²) in [6.07, 6.45) is 6.68. The number of hydrogen-bond acceptors (Lipinski definition) is 3. The number of ketones is 1. The van der Waals surface area contributed by atoms with Crippen molar-refractivity contribution >= 4 is 5.78 Å². The monoisotopic (exact) mass is 230 g/mol. The highest BCUT2D eigenvalue weighted by molar-refractivity contribution is 5.99. The summed E-state index contributed by atoms with van der Waals surface area (Å²) < 4.78 is 6.84. The van der Waals surface area contributed by atoms with Crippen molar-refractivity contribution < 1.29 is 9.32 Å². The Hall–Kier alpha value is -1.84. The van der Waals surface area contributed by atoms with Crippen LogP contribution in [0.25, 0.3) is 5.69 Å². The van der Waals surface area contributed by atoms with Gasteiger partial charge in [-0.05, 0) is 17.9 Å². The van der Waals surface area contributed by atoms with E-state index in [4.69, 9.17) is 4.52 Å². The van der Waals surface area contributed by atoms with E-state index in [1.165, 1.54) is 0 Å². The largest absolute Gasteiger partial charge is 0.362 e. The van der Waals surface area contributed by atoms with Gasteiger partial charge in [0.25, 0.3) is 0 Å². The van der Waals surface area contributed by atoms with Gasteiger partial charge < -0.3 is 9.09 Å². The van der Waals surface area contributed by atoms with Gasteiger partial charge in [-0.25, -0.2) is 0 Å². The summed E-state index contributed by atoms with van der Waals surface area (Å²) in [5.74, 6) is 0.228. The molecule has 2 aromatic heterocycles. The molecular weight excluding hydrogens is 216 g/mol. The Kier molecular flexibility index (Phi) is 2.02. The molecule has 4 nitrogen and oxygen atoms in total. The molecule has 88 valence electrons. The van der Waals surface area contributed by atoms with Gasteiger partial charge in [0, 0.05) is 23.9 Å². The molecular formula is C13H14N2O2. The fraction of sp³-hybridized carbons (Fsp3) is 0.385. The Morgan fingerprint density at radius 3 is 2.94 bits per heavy atom. The first-order valence-electron chi connectivity index (χ1n) is 5.70. The fourth-order valence-corrected chi connectivity index (χ4v) is 2.51. The van der Waals surface area contributed by atoms with E-state index in [0.29, 0.717) is 6.42 Å². The molecule has 17 heavy (non-hydrogen) atoms. The summed E-state index contributed by atoms with van der Waals surface area (Å²) in [5, 5.41) is 3.70. The maximum Gasteiger partial charge on any atom is 0.165 e. The van der Waals surface area contributed by atoms with Crippen LogP contribution in [0.1, 0.15) is 36.3 Å². The molecule has 0 aromatic carbocycles. The number of Topliss-reactive ketones (excluding diaryl/α,β-unsaturated/α-hetero) is 1. The number of fused-ring (bicyclic) bond motifs is 1. The Bertz CT molecular complexity index is 564. The number of nitrogens with zero attached hydrogens (tertiary/aromatic N) is 2. The molecule has 0 spiro atoms. The molecule has 0 aliphatic heterocycles. The smallest absolute Gasteiger partial charge is 0.165 e. The highest BCUT2D eigenvalue weighted by Gasteiger charge is 2.33. The first-order chi connectivity index (χ1) is 8.07. The van der Waals surface area contributed by atoms with E-state index < -0.39 is 0 Å². The van der Waals surface area contributed by atoms with Crippen LogP contribution >= 0.6 is 0 Å². The first kappa shape index (κ1) is 10.3. The topological polar surface area (TPSA) is 48.0 Å². The third-order valence-electron chi connectivity index (χ3n) is 3.27. The molecule has 2 heterocycles. The van der Waals surface area contributed by atoms with Gasteiger partial charge in [-0.15, -0.1) is 0 Å². The molecule has 0 fully saturated rings. The van der Waals surface area contributed by atoms with Crippen molar-refractivity contribution in [1.82, 2.24) is 9.72 Å². The summed E-state index contributed by atoms with van der Waals surface area (Å²) in [6.45, 7) is 4.25. The lowest BCUT2D eigenvalue weighted by Gasteiger charge is -2.29. The summed E-state index contributed by atoms with van der Waals surface area (Å²) in [4.78, 5) is 12.0. The van der Waals surface area contributed by atoms with Gasteiger partial charge >= 0.3 is 0 Å². The molecule has 1 aliphatic rings. The van der Waals surface area contributed by atoms with Gasteiger partial charge in [-0.3, -0.25) is 4.79 Å². The minimum Gasteiger partial charge on any atom is -0.362 e. The van der Waals surface area contributed by atoms with Crippen LogP contribution in [0.15, 0.2) is 29.2 Å². The lowest BCUT2D eigenvalue weighted by Crippen LogP contribution is -2.27. The quantitative estimate of drug-likeness (QED) is 0.756. The van der Waals surface area contributed by atoms with Crippen molar-refractivity contribution in [2.45, 2.75) is 26.7 Å². The molecule has 0 bridgehead atoms. The Morgan fingerprint density at radius 2 is 2.24 bits per heavy atom. The van der Waals surface area contributed by atoms with E-state index in [1.54, 1.807) is 12.5 Å². The Labute approximate surface area is 99.2 Å². The van der Waals surface area contributed by atoms with Crippen molar-refractivity contribution in [3.05, 3.63) is 36.0 Å². The van der Waals surface area contributed by atoms with E-state index >= 15 is 0 Å². The van der Waals surface area contributed by atoms with Crippen molar-refractivity contribution in [2.24, 2.45) is 5.41 Å². The number of rotatable bonds is 1. The van der Waals surface area contributed by atoms with Crippen molar-refractivity contribution in [3.63, 3.8) is 0 Å². The van der Waals surface area contributed by atoms with Crippen molar-refractivity contribution in [1.29, 1.82) is 0 Å². The minimum absolute atomic E-state index is 0.0251. The van der Waals surface area contributed by atoms with Gasteiger partial charge in [-0.1, -0.05) is 19.0 Å². The SMILES string of the molecule is CC1(C)CC(=O)c2ccn(-c3cnoc3)c2C1. The van der Waals surface area contributed by atoms with Gasteiger partial charge in [0.2, 0.25) is 0 Å². The Balaban J connectivity index is 2.14. The molecule has 1 aliphatic carbocycles. The first-order valence-corrected chi connectivity index (χ1v) is 5.70. The average molecular weight is 230 g/mol. The van der Waals surface area contributed by atoms with Crippen LogP contribution in [0.5, 0.6) is 0 Å². The molecule has 0 radical (unpaired) electrons. The predicted octanol–water partition coefficient (Wildman–Crippen LogP) is 2.62. The molecule has 4 heteroatoms. The van der Waals surface area contributed by atoms with E-state index in [2.05, 4.69) is 19.0 Å². The van der Waals surface area contributed by atoms with Crippen LogP contribution in [-0.2, 0) is 6.42 Å². The minimum atomic E-state index is 0.0251. The van der Waals surface area contributed by atoms with Gasteiger partial charge in [-0.2, -0.15) is 0 Å². The van der Waals surface area contributed by atoms with E-state index in [9.17, 15) is 4.79 Å². The van der Waals surface area contributed by atoms with Crippen molar-refractivity contribution in [3.8, 4) is 5.69 Å². The zero-order chi connectivity index (χ0) is 12.0. The number of carbonyl (C=O) groups excluding carboxylic acids is 1. The maximum atomic E-state index is 12.0. The van der Waals surface area contributed by atoms with Crippen LogP contribution in [-0.4, -0.2) is 15.5 Å². The van der Waals surface area contributed by atoms with Crippen LogP contribution < -0.4 is 0 Å². The lowest BCUT2D eigenvalue weighted by molar-refractivity contribution is 0.0911. The fourth-order valence-electron chi connectivity index (χ4n) is 2.51. The molecule has 0 atom stereocenters. The second kappa shape index (κ2) is 3.32. The van der Waals surface area contributed by atoms with Gasteiger partial charge in [0.15, 0.2) is 5.78 Å². The highest BCUT2D eigenvalue weighted by atomic mass is 16.5. The molecule has 0 unspecified atom stereocenters. The Morgan fingerprint density at radius 1 is 1.41 bits per heavy atom. The lowest BCUT2D eigenvalue weighted by atomic mass is 9.76. The molecule has 0 amide bonds. The van der Waals surface area contributed by atoms with Crippen LogP contribution in [0.2, 0.25) is 0 Å². The summed E-state index contributed by atoms with van der Waals surface area (Å²) in [7, 11) is 0. The number of hydrogen-bond donors (Lipinski definition) is 0. The second-order valence-electron chi connectivity index (χ2n) is 5.37. The highest BCUT2D eigenvalue weighted by Crippen LogP contribution is 2.36. The summed E-state index contributed by atoms with van der Waals surface area (Å²) in [6, 6.07) is 1.89. The van der Waals surface area contributed by atoms with Crippen molar-refractivity contribution in [2.75, 3.05) is 0 Å². The van der Waals surface area contributed by atoms with E-state index in [0.717, 1.165) is 23.4 Å². The standard InChI is InChI=1S/C13H14N2O2/c1-13(2)5-11-10(12(16)6-13)3-4-15(11)9-7-14-17-8-9/h3-4,7-8H,5-6H2,1-2H3. The summed E-state index contributed by atoms with van der Waals surface area (Å²) in [5.41, 5.74) is 2.80. The third-order valence-corrected chi connectivity index (χ3v) is 3.27. The molecule has 0 saturated heterocycles. The number of aromatic nitrogens is 2. The van der Waals surface area contributed by atoms with E-state index in [-0.39, 0.29) is 11.2 Å². The molecule has 2 aromatic rings. The zero-order valence-electron chi connectivity index (χ0n) is 9.93. The second-order valence-corrected chi connectivity index (χ2v) is 5.37. The maximum absolute atomic E-state index is 12.0. The third kappa shape index (κ3) is 1.60. The normalized spacial score (nSPS) is 18.1. The van der Waals surface area contributed by atoms with Crippen LogP contribution in [0.4, 0.5) is 0 Å². The molecule has 3 rings (SSSR count). The van der Waals surface area contributed by atoms with Crippen LogP contribution in [0, 0.1) is 5.41 Å². The molecule has 0 N–H and O–H groups in total. The number of carbonyl (C=O) groups is 1. The van der Waals surface area contributed by atoms with Crippen LogP contribution in [0.3, 0.4) is 0 Å². The predicted molar refractivity (Wildman–Crippen MR) is 62.3 cm³/mol. The van der Waals surface area contributed by atoms with Gasteiger partial charge in [0.05, 0.1) is 6.20 Å². The average Bonchev–Trinajstić information content (AvgIpc) is 2.82. The van der Waals surface area contributed by atoms with E-state index in [1.807, 2.05) is 16.8 Å². The van der Waals surface area contributed by atoms with Gasteiger partial charge in [0.1, 0.15) is 12.0 Å². The summed E-state index contributed by atoms with van der Waals surface area (Å²) >= 11 is 0.